The largest absolute Gasteiger partial charge is 0.495 e. The molecular formula is C34H31ClF3N7O7. The van der Waals surface area contributed by atoms with Gasteiger partial charge in [-0.2, -0.15) is 28.1 Å². The number of para-hydroxylation sites is 2. The van der Waals surface area contributed by atoms with Crippen molar-refractivity contribution in [1.82, 2.24) is 20.3 Å². The fourth-order valence-electron chi connectivity index (χ4n) is 4.93. The first kappa shape index (κ1) is 37.3. The normalized spacial score (nSPS) is 13.6. The highest BCUT2D eigenvalue weighted by molar-refractivity contribution is 6.40. The molecule has 5 rings (SSSR count). The number of methoxy groups -OCH3 is 1. The molecule has 2 amide bonds. The van der Waals surface area contributed by atoms with Gasteiger partial charge in [0.1, 0.15) is 11.8 Å². The number of rotatable bonds is 16. The molecule has 0 radical (unpaired) electrons. The average Bonchev–Trinajstić information content (AvgIpc) is 3.89. The number of ketones is 1. The van der Waals surface area contributed by atoms with Crippen LogP contribution < -0.4 is 30.7 Å². The second-order valence-electron chi connectivity index (χ2n) is 11.6. The van der Waals surface area contributed by atoms with Crippen LogP contribution in [0.3, 0.4) is 0 Å². The van der Waals surface area contributed by atoms with Crippen molar-refractivity contribution in [2.75, 3.05) is 29.7 Å². The topological polar surface area (TPSA) is 194 Å². The van der Waals surface area contributed by atoms with E-state index in [1.807, 2.05) is 12.1 Å². The number of aromatic nitrogens is 3. The lowest BCUT2D eigenvalue weighted by Crippen LogP contribution is -2.41. The zero-order chi connectivity index (χ0) is 37.5. The van der Waals surface area contributed by atoms with Crippen LogP contribution in [0.5, 0.6) is 11.8 Å². The minimum Gasteiger partial charge on any atom is -0.495 e. The van der Waals surface area contributed by atoms with Crippen LogP contribution in [-0.2, 0) is 19.9 Å². The minimum absolute atomic E-state index is 0.0443. The molecule has 52 heavy (non-hydrogen) atoms. The van der Waals surface area contributed by atoms with Gasteiger partial charge in [0.2, 0.25) is 17.7 Å². The van der Waals surface area contributed by atoms with Crippen molar-refractivity contribution in [3.63, 3.8) is 0 Å². The Kier molecular flexibility index (Phi) is 11.4. The summed E-state index contributed by atoms with van der Waals surface area (Å²) in [6, 6.07) is 17.0. The van der Waals surface area contributed by atoms with Crippen molar-refractivity contribution in [1.29, 1.82) is 0 Å². The van der Waals surface area contributed by atoms with Gasteiger partial charge in [0.05, 0.1) is 18.3 Å². The SMILES string of the molecule is COc1ccccc1NC(=O)C(=O)CC[C@H](NC(=O)c1ccc(Nc2nc(NC3(c4ccc(Cl)cc4)CC3)nc(OCC(F)(F)F)n2)cc1)C(=O)O. The molecule has 1 aromatic heterocycles. The molecule has 18 heteroatoms. The zero-order valence-corrected chi connectivity index (χ0v) is 28.0. The third kappa shape index (κ3) is 10.1. The van der Waals surface area contributed by atoms with E-state index in [1.54, 1.807) is 30.3 Å². The summed E-state index contributed by atoms with van der Waals surface area (Å²) in [7, 11) is 1.39. The Morgan fingerprint density at radius 2 is 1.62 bits per heavy atom. The van der Waals surface area contributed by atoms with Crippen LogP contribution >= 0.6 is 11.6 Å². The molecule has 1 aliphatic rings. The van der Waals surface area contributed by atoms with Gasteiger partial charge in [-0.1, -0.05) is 35.9 Å². The van der Waals surface area contributed by atoms with Gasteiger partial charge in [0.25, 0.3) is 11.8 Å². The van der Waals surface area contributed by atoms with Crippen molar-refractivity contribution < 1.29 is 46.9 Å². The third-order valence-electron chi connectivity index (χ3n) is 7.75. The molecule has 5 N–H and O–H groups in total. The number of Topliss-reactive ketones (excluding diaryl/α,β-unsaturated/α-hetero) is 1. The highest BCUT2D eigenvalue weighted by Crippen LogP contribution is 2.48. The van der Waals surface area contributed by atoms with Gasteiger partial charge in [-0.05, 0) is 73.4 Å². The quantitative estimate of drug-likeness (QED) is 0.0908. The van der Waals surface area contributed by atoms with Gasteiger partial charge in [0, 0.05) is 22.7 Å². The van der Waals surface area contributed by atoms with Crippen molar-refractivity contribution >= 4 is 58.4 Å². The first-order valence-electron chi connectivity index (χ1n) is 15.6. The Hall–Kier alpha value is -5.97. The van der Waals surface area contributed by atoms with Gasteiger partial charge in [-0.25, -0.2) is 4.79 Å². The van der Waals surface area contributed by atoms with E-state index < -0.39 is 60.4 Å². The first-order valence-corrected chi connectivity index (χ1v) is 16.0. The zero-order valence-electron chi connectivity index (χ0n) is 27.3. The van der Waals surface area contributed by atoms with Gasteiger partial charge in [0.15, 0.2) is 6.61 Å². The number of amides is 2. The molecule has 0 unspecified atom stereocenters. The number of carbonyl (C=O) groups is 4. The molecule has 1 heterocycles. The van der Waals surface area contributed by atoms with Crippen molar-refractivity contribution in [3.8, 4) is 11.8 Å². The van der Waals surface area contributed by atoms with E-state index >= 15 is 0 Å². The maximum atomic E-state index is 12.9. The average molecular weight is 742 g/mol. The van der Waals surface area contributed by atoms with E-state index in [9.17, 15) is 37.5 Å². The second-order valence-corrected chi connectivity index (χ2v) is 12.0. The lowest BCUT2D eigenvalue weighted by atomic mass is 10.1. The Bertz CT molecular complexity index is 1940. The molecule has 272 valence electrons. The predicted octanol–water partition coefficient (Wildman–Crippen LogP) is 5.49. The van der Waals surface area contributed by atoms with Crippen LogP contribution in [0.25, 0.3) is 0 Å². The van der Waals surface area contributed by atoms with E-state index in [0.29, 0.717) is 29.3 Å². The molecule has 1 fully saturated rings. The molecule has 1 atom stereocenters. The van der Waals surface area contributed by atoms with E-state index in [-0.39, 0.29) is 29.6 Å². The number of carboxylic acid groups (broad SMARTS) is 1. The summed E-state index contributed by atoms with van der Waals surface area (Å²) in [5.41, 5.74) is 0.931. The molecule has 0 spiro atoms. The van der Waals surface area contributed by atoms with Crippen LogP contribution in [0.15, 0.2) is 72.8 Å². The maximum Gasteiger partial charge on any atom is 0.422 e. The lowest BCUT2D eigenvalue weighted by molar-refractivity contribution is -0.154. The summed E-state index contributed by atoms with van der Waals surface area (Å²) in [5, 5.41) is 20.9. The standard InChI is InChI=1S/C34H31ClF3N7O7/c1-51-26-5-3-2-4-23(26)40-28(48)25(46)15-14-24(29(49)50)41-27(47)19-6-12-22(13-7-19)39-30-42-31(44-32(43-30)52-18-34(36,37)38)45-33(16-17-33)20-8-10-21(35)11-9-20/h2-13,24H,14-18H2,1H3,(H,40,48)(H,41,47)(H,49,50)(H2,39,42,43,44,45)/t24-/m0/s1. The minimum atomic E-state index is -4.65. The van der Waals surface area contributed by atoms with Crippen LogP contribution in [0.4, 0.5) is 36.4 Å². The number of halogens is 4. The van der Waals surface area contributed by atoms with Crippen LogP contribution in [0.1, 0.15) is 41.6 Å². The first-order chi connectivity index (χ1) is 24.7. The number of nitrogens with zero attached hydrogens (tertiary/aromatic N) is 3. The van der Waals surface area contributed by atoms with E-state index in [4.69, 9.17) is 21.1 Å². The Morgan fingerprint density at radius 3 is 2.25 bits per heavy atom. The maximum absolute atomic E-state index is 12.9. The molecule has 0 aliphatic heterocycles. The number of aliphatic carboxylic acids is 1. The predicted molar refractivity (Wildman–Crippen MR) is 182 cm³/mol. The molecule has 14 nitrogen and oxygen atoms in total. The summed E-state index contributed by atoms with van der Waals surface area (Å²) in [5.74, 6) is -3.96. The van der Waals surface area contributed by atoms with Crippen LogP contribution in [0, 0.1) is 0 Å². The number of carbonyl (C=O) groups excluding carboxylic acids is 3. The van der Waals surface area contributed by atoms with Crippen molar-refractivity contribution in [2.24, 2.45) is 0 Å². The van der Waals surface area contributed by atoms with Gasteiger partial charge in [-0.3, -0.25) is 14.4 Å². The summed E-state index contributed by atoms with van der Waals surface area (Å²) >= 11 is 6.01. The fraction of sp³-hybridized carbons (Fsp3) is 0.265. The number of carboxylic acids is 1. The van der Waals surface area contributed by atoms with E-state index in [1.165, 1.54) is 37.4 Å². The van der Waals surface area contributed by atoms with Crippen molar-refractivity contribution in [2.45, 2.75) is 43.4 Å². The number of nitrogens with one attached hydrogen (secondary N) is 4. The summed E-state index contributed by atoms with van der Waals surface area (Å²) in [6.07, 6.45) is -4.09. The highest BCUT2D eigenvalue weighted by Gasteiger charge is 2.45. The van der Waals surface area contributed by atoms with E-state index in [0.717, 1.165) is 5.56 Å². The fourth-order valence-corrected chi connectivity index (χ4v) is 5.06. The Labute approximate surface area is 299 Å². The summed E-state index contributed by atoms with van der Waals surface area (Å²) < 4.78 is 48.7. The van der Waals surface area contributed by atoms with Crippen LogP contribution in [0.2, 0.25) is 5.02 Å². The smallest absolute Gasteiger partial charge is 0.422 e. The number of ether oxygens (including phenoxy) is 2. The number of anilines is 4. The Morgan fingerprint density at radius 1 is 0.942 bits per heavy atom. The number of hydrogen-bond donors (Lipinski definition) is 5. The molecule has 1 saturated carbocycles. The summed E-state index contributed by atoms with van der Waals surface area (Å²) in [6.45, 7) is -1.64. The van der Waals surface area contributed by atoms with Crippen molar-refractivity contribution in [3.05, 3.63) is 88.9 Å². The van der Waals surface area contributed by atoms with Gasteiger partial charge < -0.3 is 35.8 Å². The lowest BCUT2D eigenvalue weighted by Gasteiger charge is -2.19. The molecule has 1 aliphatic carbocycles. The van der Waals surface area contributed by atoms with Gasteiger partial charge >= 0.3 is 18.2 Å². The van der Waals surface area contributed by atoms with E-state index in [2.05, 4.69) is 36.2 Å². The molecule has 3 aromatic carbocycles. The number of benzene rings is 3. The monoisotopic (exact) mass is 741 g/mol. The number of hydrogen-bond acceptors (Lipinski definition) is 11. The summed E-state index contributed by atoms with van der Waals surface area (Å²) in [4.78, 5) is 61.9. The van der Waals surface area contributed by atoms with Gasteiger partial charge in [-0.15, -0.1) is 0 Å². The number of alkyl halides is 3. The highest BCUT2D eigenvalue weighted by atomic mass is 35.5. The molecular weight excluding hydrogens is 711 g/mol. The second kappa shape index (κ2) is 15.9. The molecule has 0 saturated heterocycles. The van der Waals surface area contributed by atoms with Crippen LogP contribution in [-0.4, -0.2) is 69.6 Å². The Balaban J connectivity index is 1.22. The molecule has 0 bridgehead atoms. The molecule has 4 aromatic rings. The third-order valence-corrected chi connectivity index (χ3v) is 8.00.